The summed E-state index contributed by atoms with van der Waals surface area (Å²) in [5.41, 5.74) is -0.716. The molecule has 18 heteroatoms. The highest BCUT2D eigenvalue weighted by Gasteiger charge is 2.48. The standard InChI is InChI=1S/C9H11N2O12P3S/c12-6-4(3-20-25(17)23-26(18,19)22-24(15)16)21-8(7(6)13)11-2-1-5(27)10-9(11)14/h1-2,4,6-8,12-13H,3H2,(H-2,10,14,15,16,18,19,27)/p+2/t4-,6-,7-,8-/m1/s1. The number of aliphatic hydroxyl groups excluding tert-OH is 2. The fourth-order valence-corrected chi connectivity index (χ4v) is 4.44. The Morgan fingerprint density at radius 3 is 2.59 bits per heavy atom. The largest absolute Gasteiger partial charge is 0.708 e. The van der Waals surface area contributed by atoms with Gasteiger partial charge in [0.25, 0.3) is 0 Å². The number of H-pyrrole nitrogens is 1. The fraction of sp³-hybridized carbons (Fsp3) is 0.556. The average Bonchev–Trinajstić information content (AvgIpc) is 2.79. The van der Waals surface area contributed by atoms with E-state index < -0.39 is 61.2 Å². The highest BCUT2D eigenvalue weighted by Crippen LogP contribution is 2.57. The molecule has 1 aliphatic rings. The molecule has 1 saturated heterocycles. The van der Waals surface area contributed by atoms with Gasteiger partial charge in [0.2, 0.25) is 0 Å². The van der Waals surface area contributed by atoms with E-state index in [9.17, 15) is 28.7 Å². The van der Waals surface area contributed by atoms with Crippen LogP contribution in [0.3, 0.4) is 0 Å². The van der Waals surface area contributed by atoms with Crippen molar-refractivity contribution in [1.82, 2.24) is 9.55 Å². The molecule has 5 N–H and O–H groups in total. The van der Waals surface area contributed by atoms with Crippen molar-refractivity contribution in [2.24, 2.45) is 0 Å². The van der Waals surface area contributed by atoms with E-state index in [4.69, 9.17) is 26.7 Å². The van der Waals surface area contributed by atoms with Gasteiger partial charge in [-0.05, 0) is 6.07 Å². The summed E-state index contributed by atoms with van der Waals surface area (Å²) in [6.07, 6.45) is -4.53. The SMILES string of the molecule is O=c1[nH]c(=S)ccn1[C@@H]1O[C@H](CO[P+](=O)OP(=O)(O)O[P+](=O)O)[C@@H](O)[C@H]1O. The van der Waals surface area contributed by atoms with Gasteiger partial charge in [-0.2, -0.15) is 0 Å². The maximum absolute atomic E-state index is 11.8. The lowest BCUT2D eigenvalue weighted by atomic mass is 10.1. The Hall–Kier alpha value is -0.790. The number of phosphoric acid groups is 1. The van der Waals surface area contributed by atoms with Crippen molar-refractivity contribution in [3.05, 3.63) is 27.4 Å². The third-order valence-electron chi connectivity index (χ3n) is 3.15. The summed E-state index contributed by atoms with van der Waals surface area (Å²) in [6, 6.07) is 1.35. The molecular formula is C9H13N2O12P3S+2. The van der Waals surface area contributed by atoms with Crippen LogP contribution in [0.2, 0.25) is 0 Å². The van der Waals surface area contributed by atoms with Crippen LogP contribution >= 0.6 is 36.6 Å². The van der Waals surface area contributed by atoms with Crippen LogP contribution in [0, 0.1) is 4.64 Å². The number of aromatic amines is 1. The molecule has 14 nitrogen and oxygen atoms in total. The summed E-state index contributed by atoms with van der Waals surface area (Å²) >= 11 is 4.77. The van der Waals surface area contributed by atoms with Crippen LogP contribution in [0.4, 0.5) is 0 Å². The molecule has 150 valence electrons. The average molecular weight is 466 g/mol. The fourth-order valence-electron chi connectivity index (χ4n) is 2.07. The van der Waals surface area contributed by atoms with E-state index in [0.717, 1.165) is 4.57 Å². The van der Waals surface area contributed by atoms with E-state index in [1.807, 2.05) is 0 Å². The number of nitrogens with zero attached hydrogens (tertiary/aromatic N) is 1. The molecule has 2 heterocycles. The third kappa shape index (κ3) is 6.09. The topological polar surface area (TPSA) is 207 Å². The number of hydrogen-bond acceptors (Lipinski definition) is 11. The van der Waals surface area contributed by atoms with E-state index in [1.54, 1.807) is 0 Å². The lowest BCUT2D eigenvalue weighted by molar-refractivity contribution is -0.0517. The van der Waals surface area contributed by atoms with Crippen molar-refractivity contribution in [3.8, 4) is 0 Å². The van der Waals surface area contributed by atoms with Gasteiger partial charge < -0.3 is 14.9 Å². The molecule has 1 aromatic rings. The number of aliphatic hydroxyl groups is 2. The summed E-state index contributed by atoms with van der Waals surface area (Å²) in [6.45, 7) is -0.688. The third-order valence-corrected chi connectivity index (χ3v) is 6.49. The first-order valence-corrected chi connectivity index (χ1v) is 10.9. The Labute approximate surface area is 156 Å². The van der Waals surface area contributed by atoms with E-state index in [2.05, 4.69) is 18.1 Å². The van der Waals surface area contributed by atoms with Crippen LogP contribution in [-0.2, 0) is 31.6 Å². The van der Waals surface area contributed by atoms with Gasteiger partial charge >= 0.3 is 30.0 Å². The number of aromatic nitrogens is 2. The van der Waals surface area contributed by atoms with Crippen molar-refractivity contribution in [1.29, 1.82) is 0 Å². The minimum atomic E-state index is -5.12. The normalized spacial score (nSPS) is 28.6. The Morgan fingerprint density at radius 2 is 2.00 bits per heavy atom. The summed E-state index contributed by atoms with van der Waals surface area (Å²) < 4.78 is 51.5. The molecule has 27 heavy (non-hydrogen) atoms. The van der Waals surface area contributed by atoms with Gasteiger partial charge in [0.1, 0.15) is 29.6 Å². The number of hydrogen-bond donors (Lipinski definition) is 5. The highest BCUT2D eigenvalue weighted by molar-refractivity contribution is 7.71. The number of rotatable bonds is 8. The molecule has 1 aliphatic heterocycles. The Balaban J connectivity index is 1.99. The van der Waals surface area contributed by atoms with Crippen LogP contribution < -0.4 is 5.69 Å². The molecule has 0 radical (unpaired) electrons. The summed E-state index contributed by atoms with van der Waals surface area (Å²) in [5, 5.41) is 20.0. The van der Waals surface area contributed by atoms with E-state index >= 15 is 0 Å². The molecule has 0 bridgehead atoms. The van der Waals surface area contributed by atoms with Crippen molar-refractivity contribution in [2.75, 3.05) is 6.61 Å². The van der Waals surface area contributed by atoms with Gasteiger partial charge in [-0.15, -0.1) is 9.42 Å². The smallest absolute Gasteiger partial charge is 0.387 e. The Morgan fingerprint density at radius 1 is 1.33 bits per heavy atom. The second kappa shape index (κ2) is 9.14. The van der Waals surface area contributed by atoms with Gasteiger partial charge in [0.15, 0.2) is 6.23 Å². The quantitative estimate of drug-likeness (QED) is 0.253. The predicted octanol–water partition coefficient (Wildman–Crippen LogP) is -0.0176. The van der Waals surface area contributed by atoms with Crippen LogP contribution in [0.5, 0.6) is 0 Å². The highest BCUT2D eigenvalue weighted by atomic mass is 32.1. The van der Waals surface area contributed by atoms with E-state index in [0.29, 0.717) is 0 Å². The van der Waals surface area contributed by atoms with Gasteiger partial charge in [0.05, 0.1) is 0 Å². The maximum atomic E-state index is 11.8. The minimum absolute atomic E-state index is 0.138. The molecule has 2 rings (SSSR count). The molecule has 0 aliphatic carbocycles. The zero-order valence-electron chi connectivity index (χ0n) is 12.9. The molecule has 1 fully saturated rings. The van der Waals surface area contributed by atoms with E-state index in [-0.39, 0.29) is 4.64 Å². The Kier molecular flexibility index (Phi) is 7.62. The first kappa shape index (κ1) is 22.5. The van der Waals surface area contributed by atoms with E-state index in [1.165, 1.54) is 12.3 Å². The molecule has 0 spiro atoms. The molecular weight excluding hydrogens is 453 g/mol. The van der Waals surface area contributed by atoms with Crippen LogP contribution in [-0.4, -0.2) is 54.5 Å². The number of nitrogens with one attached hydrogen (secondary N) is 1. The molecule has 7 atom stereocenters. The van der Waals surface area contributed by atoms with Gasteiger partial charge in [-0.1, -0.05) is 12.2 Å². The summed E-state index contributed by atoms with van der Waals surface area (Å²) in [5.74, 6) is 0. The van der Waals surface area contributed by atoms with Crippen LogP contribution in [0.15, 0.2) is 17.1 Å². The zero-order valence-corrected chi connectivity index (χ0v) is 16.4. The number of ether oxygens (including phenoxy) is 1. The molecule has 3 unspecified atom stereocenters. The zero-order chi connectivity index (χ0) is 20.4. The monoisotopic (exact) mass is 466 g/mol. The van der Waals surface area contributed by atoms with Crippen molar-refractivity contribution in [3.63, 3.8) is 0 Å². The minimum Gasteiger partial charge on any atom is -0.387 e. The molecule has 0 saturated carbocycles. The second-order valence-corrected chi connectivity index (χ2v) is 8.82. The van der Waals surface area contributed by atoms with Crippen molar-refractivity contribution < 1.29 is 51.6 Å². The lowest BCUT2D eigenvalue weighted by Gasteiger charge is -2.16. The molecule has 0 amide bonds. The summed E-state index contributed by atoms with van der Waals surface area (Å²) in [7, 11) is -11.9. The molecule has 1 aromatic heterocycles. The second-order valence-electron chi connectivity index (χ2n) is 4.95. The predicted molar refractivity (Wildman–Crippen MR) is 87.2 cm³/mol. The van der Waals surface area contributed by atoms with Gasteiger partial charge in [0, 0.05) is 23.9 Å². The lowest BCUT2D eigenvalue weighted by Crippen LogP contribution is -2.36. The van der Waals surface area contributed by atoms with Crippen molar-refractivity contribution in [2.45, 2.75) is 24.5 Å². The van der Waals surface area contributed by atoms with Crippen molar-refractivity contribution >= 4 is 36.6 Å². The van der Waals surface area contributed by atoms with Crippen LogP contribution in [0.1, 0.15) is 6.23 Å². The van der Waals surface area contributed by atoms with Crippen LogP contribution in [0.25, 0.3) is 0 Å². The first-order chi connectivity index (χ1) is 12.5. The molecule has 0 aromatic carbocycles. The Bertz CT molecular complexity index is 887. The first-order valence-electron chi connectivity index (χ1n) is 6.82. The maximum Gasteiger partial charge on any atom is 0.708 e. The van der Waals surface area contributed by atoms with Gasteiger partial charge in [-0.25, -0.2) is 9.36 Å². The van der Waals surface area contributed by atoms with Gasteiger partial charge in [-0.3, -0.25) is 14.4 Å². The summed E-state index contributed by atoms with van der Waals surface area (Å²) in [4.78, 5) is 31.5.